The molecule has 8 rings (SSSR count). The lowest BCUT2D eigenvalue weighted by Gasteiger charge is -2.43. The first-order valence-electron chi connectivity index (χ1n) is 22.0. The van der Waals surface area contributed by atoms with Crippen molar-refractivity contribution in [3.63, 3.8) is 0 Å². The lowest BCUT2D eigenvalue weighted by molar-refractivity contribution is -0.145. The number of nitrogens with one attached hydrogen (secondary N) is 2. The van der Waals surface area contributed by atoms with E-state index in [2.05, 4.69) is 20.1 Å². The summed E-state index contributed by atoms with van der Waals surface area (Å²) in [6.07, 6.45) is 4.09. The fourth-order valence-electron chi connectivity index (χ4n) is 9.65. The van der Waals surface area contributed by atoms with Gasteiger partial charge in [-0.1, -0.05) is 24.3 Å². The first-order chi connectivity index (χ1) is 29.6. The Morgan fingerprint density at radius 1 is 0.852 bits per heavy atom. The number of fused-ring (bicyclic) bond motifs is 2. The topological polar surface area (TPSA) is 181 Å². The lowest BCUT2D eigenvalue weighted by Crippen LogP contribution is -2.55. The lowest BCUT2D eigenvalue weighted by atomic mass is 9.99. The molecule has 5 amide bonds. The summed E-state index contributed by atoms with van der Waals surface area (Å²) in [5.74, 6) is -0.884. The van der Waals surface area contributed by atoms with Gasteiger partial charge in [0.15, 0.2) is 11.7 Å². The second kappa shape index (κ2) is 19.1. The van der Waals surface area contributed by atoms with Gasteiger partial charge in [-0.3, -0.25) is 29.2 Å². The van der Waals surface area contributed by atoms with Crippen LogP contribution in [0, 0.1) is 6.92 Å². The van der Waals surface area contributed by atoms with Crippen LogP contribution in [-0.4, -0.2) is 168 Å². The van der Waals surface area contributed by atoms with Crippen LogP contribution in [0.3, 0.4) is 0 Å². The number of carbonyl (C=O) groups is 5. The molecule has 0 aliphatic carbocycles. The van der Waals surface area contributed by atoms with E-state index in [1.54, 1.807) is 15.9 Å². The Morgan fingerprint density at radius 3 is 2.34 bits per heavy atom. The van der Waals surface area contributed by atoms with Gasteiger partial charge in [0.05, 0.1) is 18.7 Å². The molecule has 2 aromatic carbocycles. The van der Waals surface area contributed by atoms with Crippen LogP contribution in [0.5, 0.6) is 0 Å². The summed E-state index contributed by atoms with van der Waals surface area (Å²) < 4.78 is 16.9. The number of esters is 1. The molecule has 6 heterocycles. The van der Waals surface area contributed by atoms with Gasteiger partial charge in [0.1, 0.15) is 0 Å². The van der Waals surface area contributed by atoms with Crippen molar-refractivity contribution in [2.24, 2.45) is 0 Å². The third kappa shape index (κ3) is 10.2. The molecule has 4 fully saturated rings. The summed E-state index contributed by atoms with van der Waals surface area (Å²) in [5, 5.41) is 3.04. The molecule has 4 saturated heterocycles. The number of amides is 5. The molecule has 17 heteroatoms. The average Bonchev–Trinajstić information content (AvgIpc) is 3.81. The van der Waals surface area contributed by atoms with E-state index in [9.17, 15) is 28.8 Å². The van der Waals surface area contributed by atoms with E-state index in [1.807, 2.05) is 47.1 Å². The van der Waals surface area contributed by atoms with Gasteiger partial charge in [0, 0.05) is 103 Å². The largest absolute Gasteiger partial charge is 0.465 e. The maximum Gasteiger partial charge on any atom is 0.417 e. The van der Waals surface area contributed by atoms with Crippen molar-refractivity contribution in [2.45, 2.75) is 82.9 Å². The van der Waals surface area contributed by atoms with E-state index in [4.69, 9.17) is 13.9 Å². The Balaban J connectivity index is 0.831. The molecule has 61 heavy (non-hydrogen) atoms. The summed E-state index contributed by atoms with van der Waals surface area (Å²) in [5.41, 5.74) is 4.39. The number of nitrogens with zero attached hydrogens (tertiary/aromatic N) is 6. The van der Waals surface area contributed by atoms with Crippen LogP contribution in [0.25, 0.3) is 11.1 Å². The van der Waals surface area contributed by atoms with Gasteiger partial charge < -0.3 is 38.8 Å². The number of H-pyrrole nitrogens is 1. The molecule has 0 bridgehead atoms. The molecule has 328 valence electrons. The number of anilines is 1. The summed E-state index contributed by atoms with van der Waals surface area (Å²) >= 11 is 0. The fraction of sp³-hybridized carbons (Fsp3) is 0.591. The highest BCUT2D eigenvalue weighted by molar-refractivity contribution is 5.91. The molecular formula is C44H58N8O9. The second-order valence-corrected chi connectivity index (χ2v) is 17.1. The first-order valence-corrected chi connectivity index (χ1v) is 22.0. The molecule has 5 aliphatic heterocycles. The minimum atomic E-state index is -1.09. The van der Waals surface area contributed by atoms with Gasteiger partial charge in [-0.05, 0) is 80.7 Å². The Kier molecular flexibility index (Phi) is 13.2. The SMILES string of the molecule is Cc1cc(C[C@@H](OC(=O)N2CCC(N3CCc4ccccc4NC3=O)CC2)C(=O)N2CCC(N3CCN(CC(=O)OCCCN4CCCC4=O)CC3)CC2)cc2oc(=O)[nH]c12. The number of aryl methyl sites for hydroxylation is 1. The van der Waals surface area contributed by atoms with Crippen LogP contribution >= 0.6 is 0 Å². The number of hydrogen-bond donors (Lipinski definition) is 2. The predicted molar refractivity (Wildman–Crippen MR) is 225 cm³/mol. The van der Waals surface area contributed by atoms with Crippen molar-refractivity contribution >= 4 is 46.7 Å². The van der Waals surface area contributed by atoms with Gasteiger partial charge in [-0.2, -0.15) is 0 Å². The molecule has 0 spiro atoms. The minimum absolute atomic E-state index is 0.0310. The van der Waals surface area contributed by atoms with Gasteiger partial charge >= 0.3 is 23.8 Å². The number of piperidine rings is 2. The van der Waals surface area contributed by atoms with Crippen molar-refractivity contribution < 1.29 is 37.9 Å². The van der Waals surface area contributed by atoms with E-state index < -0.39 is 18.0 Å². The normalized spacial score (nSPS) is 20.4. The molecular weight excluding hydrogens is 785 g/mol. The monoisotopic (exact) mass is 842 g/mol. The van der Waals surface area contributed by atoms with E-state index in [1.165, 1.54) is 0 Å². The van der Waals surface area contributed by atoms with Gasteiger partial charge in [0.25, 0.3) is 5.91 Å². The minimum Gasteiger partial charge on any atom is -0.465 e. The van der Waals surface area contributed by atoms with Crippen molar-refractivity contribution in [3.05, 3.63) is 63.6 Å². The number of benzene rings is 2. The van der Waals surface area contributed by atoms with Crippen molar-refractivity contribution in [1.82, 2.24) is 34.4 Å². The molecule has 17 nitrogen and oxygen atoms in total. The number of para-hydroxylation sites is 1. The van der Waals surface area contributed by atoms with Crippen LogP contribution in [0.15, 0.2) is 45.6 Å². The van der Waals surface area contributed by atoms with Gasteiger partial charge in [-0.25, -0.2) is 14.4 Å². The highest BCUT2D eigenvalue weighted by atomic mass is 16.6. The molecule has 0 unspecified atom stereocenters. The summed E-state index contributed by atoms with van der Waals surface area (Å²) in [4.78, 5) is 92.0. The molecule has 5 aliphatic rings. The molecule has 3 aromatic rings. The van der Waals surface area contributed by atoms with Crippen molar-refractivity contribution in [2.75, 3.05) is 90.5 Å². The van der Waals surface area contributed by atoms with E-state index in [-0.39, 0.29) is 48.9 Å². The zero-order valence-corrected chi connectivity index (χ0v) is 35.1. The number of rotatable bonds is 12. The summed E-state index contributed by atoms with van der Waals surface area (Å²) in [6.45, 7) is 9.36. The van der Waals surface area contributed by atoms with Crippen molar-refractivity contribution in [3.8, 4) is 0 Å². The average molecular weight is 843 g/mol. The third-order valence-electron chi connectivity index (χ3n) is 13.1. The van der Waals surface area contributed by atoms with Crippen molar-refractivity contribution in [1.29, 1.82) is 0 Å². The van der Waals surface area contributed by atoms with Crippen LogP contribution in [0.2, 0.25) is 0 Å². The van der Waals surface area contributed by atoms with E-state index in [0.717, 1.165) is 75.2 Å². The first kappa shape index (κ1) is 42.3. The Bertz CT molecular complexity index is 2130. The number of carbonyl (C=O) groups excluding carboxylic acids is 5. The summed E-state index contributed by atoms with van der Waals surface area (Å²) in [7, 11) is 0. The maximum absolute atomic E-state index is 14.3. The Morgan fingerprint density at radius 2 is 1.59 bits per heavy atom. The zero-order chi connectivity index (χ0) is 42.5. The van der Waals surface area contributed by atoms with Gasteiger partial charge in [0.2, 0.25) is 5.91 Å². The number of likely N-dealkylation sites (tertiary alicyclic amines) is 3. The summed E-state index contributed by atoms with van der Waals surface area (Å²) in [6, 6.07) is 11.5. The fourth-order valence-corrected chi connectivity index (χ4v) is 9.65. The number of aromatic nitrogens is 1. The van der Waals surface area contributed by atoms with Gasteiger partial charge in [-0.15, -0.1) is 0 Å². The predicted octanol–water partition coefficient (Wildman–Crippen LogP) is 3.20. The highest BCUT2D eigenvalue weighted by Gasteiger charge is 2.37. The molecule has 1 atom stereocenters. The second-order valence-electron chi connectivity index (χ2n) is 17.1. The Hall–Kier alpha value is -5.42. The van der Waals surface area contributed by atoms with Crippen LogP contribution < -0.4 is 11.1 Å². The highest BCUT2D eigenvalue weighted by Crippen LogP contribution is 2.27. The number of aromatic amines is 1. The molecule has 0 saturated carbocycles. The van der Waals surface area contributed by atoms with E-state index in [0.29, 0.717) is 88.2 Å². The Labute approximate surface area is 355 Å². The third-order valence-corrected chi connectivity index (χ3v) is 13.1. The standard InChI is InChI=1S/C44H58N8O9/c1-30-26-31(27-36-40(30)46-43(57)60-36)28-37(61-44(58)51-18-12-34(13-19-51)52-20-9-32-6-2-3-7-35(32)45-42(52)56)41(55)50-16-10-33(11-17-50)48-23-21-47(22-24-48)29-39(54)59-25-5-15-49-14-4-8-38(49)53/h2-3,6-7,26-27,33-34,37H,4-5,8-25,28-29H2,1H3,(H,45,56)(H,46,57)/t37-/m1/s1. The van der Waals surface area contributed by atoms with Crippen LogP contribution in [0.4, 0.5) is 15.3 Å². The molecule has 2 N–H and O–H groups in total. The van der Waals surface area contributed by atoms with Crippen LogP contribution in [0.1, 0.15) is 61.6 Å². The molecule has 0 radical (unpaired) electrons. The van der Waals surface area contributed by atoms with E-state index >= 15 is 0 Å². The number of hydrogen-bond acceptors (Lipinski definition) is 11. The number of urea groups is 1. The smallest absolute Gasteiger partial charge is 0.417 e. The van der Waals surface area contributed by atoms with Crippen LogP contribution in [-0.2, 0) is 36.7 Å². The number of ether oxygens (including phenoxy) is 2. The number of oxazole rings is 1. The zero-order valence-electron chi connectivity index (χ0n) is 35.1. The molecule has 1 aromatic heterocycles. The maximum atomic E-state index is 14.3. The number of piperazine rings is 1. The quantitative estimate of drug-likeness (QED) is 0.202.